The molecule has 0 aromatic heterocycles. The van der Waals surface area contributed by atoms with Crippen molar-refractivity contribution in [3.05, 3.63) is 59.7 Å². The van der Waals surface area contributed by atoms with Crippen molar-refractivity contribution in [2.75, 3.05) is 13.4 Å². The standard InChI is InChI=1S/C19H25NO2S/c1-14(17(21)11-15-7-5-4-6-8-15)20-13-16-9-10-19(23-3)18(12-16)22-2/h4-10,12,14,17,20-21H,11,13H2,1-3H3. The van der Waals surface area contributed by atoms with E-state index in [4.69, 9.17) is 4.74 Å². The van der Waals surface area contributed by atoms with E-state index in [1.54, 1.807) is 18.9 Å². The molecular formula is C19H25NO2S. The number of nitrogens with one attached hydrogen (secondary N) is 1. The van der Waals surface area contributed by atoms with Crippen LogP contribution in [-0.4, -0.2) is 30.6 Å². The van der Waals surface area contributed by atoms with Crippen molar-refractivity contribution in [2.45, 2.75) is 36.9 Å². The Kier molecular flexibility index (Phi) is 6.96. The SMILES string of the molecule is COc1cc(CNC(C)C(O)Cc2ccccc2)ccc1SC. The fourth-order valence-corrected chi connectivity index (χ4v) is 2.99. The Morgan fingerprint density at radius 3 is 2.52 bits per heavy atom. The fourth-order valence-electron chi connectivity index (χ4n) is 2.44. The summed E-state index contributed by atoms with van der Waals surface area (Å²) in [5.74, 6) is 0.897. The van der Waals surface area contributed by atoms with Crippen LogP contribution in [0.2, 0.25) is 0 Å². The molecule has 0 bridgehead atoms. The van der Waals surface area contributed by atoms with Crippen molar-refractivity contribution >= 4 is 11.8 Å². The number of methoxy groups -OCH3 is 1. The van der Waals surface area contributed by atoms with Crippen LogP contribution in [0.3, 0.4) is 0 Å². The monoisotopic (exact) mass is 331 g/mol. The van der Waals surface area contributed by atoms with E-state index in [9.17, 15) is 5.11 Å². The van der Waals surface area contributed by atoms with Gasteiger partial charge in [0, 0.05) is 17.5 Å². The van der Waals surface area contributed by atoms with Crippen LogP contribution in [0.4, 0.5) is 0 Å². The average Bonchev–Trinajstić information content (AvgIpc) is 2.60. The minimum Gasteiger partial charge on any atom is -0.496 e. The predicted octanol–water partition coefficient (Wildman–Crippen LogP) is 3.50. The summed E-state index contributed by atoms with van der Waals surface area (Å²) in [5, 5.41) is 13.7. The molecule has 2 aromatic rings. The minimum absolute atomic E-state index is 0.0152. The second-order valence-electron chi connectivity index (χ2n) is 5.62. The molecule has 0 spiro atoms. The Bertz CT molecular complexity index is 604. The summed E-state index contributed by atoms with van der Waals surface area (Å²) in [6, 6.07) is 16.3. The van der Waals surface area contributed by atoms with Gasteiger partial charge in [0.05, 0.1) is 13.2 Å². The first kappa shape index (κ1) is 17.9. The molecule has 0 radical (unpaired) electrons. The minimum atomic E-state index is -0.412. The molecule has 2 aromatic carbocycles. The second kappa shape index (κ2) is 8.96. The van der Waals surface area contributed by atoms with Crippen molar-refractivity contribution in [3.63, 3.8) is 0 Å². The van der Waals surface area contributed by atoms with Gasteiger partial charge in [0.25, 0.3) is 0 Å². The Hall–Kier alpha value is -1.49. The van der Waals surface area contributed by atoms with Crippen molar-refractivity contribution in [1.29, 1.82) is 0 Å². The quantitative estimate of drug-likeness (QED) is 0.727. The maximum atomic E-state index is 10.3. The number of hydrogen-bond acceptors (Lipinski definition) is 4. The van der Waals surface area contributed by atoms with Crippen LogP contribution >= 0.6 is 11.8 Å². The predicted molar refractivity (Wildman–Crippen MR) is 97.2 cm³/mol. The van der Waals surface area contributed by atoms with Crippen LogP contribution in [0.1, 0.15) is 18.1 Å². The average molecular weight is 331 g/mol. The zero-order chi connectivity index (χ0) is 16.7. The first-order chi connectivity index (χ1) is 11.1. The summed E-state index contributed by atoms with van der Waals surface area (Å²) in [4.78, 5) is 1.13. The van der Waals surface area contributed by atoms with Gasteiger partial charge in [-0.15, -0.1) is 11.8 Å². The molecule has 4 heteroatoms. The number of benzene rings is 2. The smallest absolute Gasteiger partial charge is 0.132 e. The molecular weight excluding hydrogens is 306 g/mol. The van der Waals surface area contributed by atoms with Gasteiger partial charge in [-0.3, -0.25) is 0 Å². The topological polar surface area (TPSA) is 41.5 Å². The van der Waals surface area contributed by atoms with E-state index in [1.807, 2.05) is 43.5 Å². The van der Waals surface area contributed by atoms with Gasteiger partial charge >= 0.3 is 0 Å². The van der Waals surface area contributed by atoms with Gasteiger partial charge in [-0.2, -0.15) is 0 Å². The summed E-state index contributed by atoms with van der Waals surface area (Å²) >= 11 is 1.67. The molecule has 3 nitrogen and oxygen atoms in total. The fraction of sp³-hybridized carbons (Fsp3) is 0.368. The molecule has 0 saturated carbocycles. The van der Waals surface area contributed by atoms with Crippen molar-refractivity contribution < 1.29 is 9.84 Å². The molecule has 0 amide bonds. The summed E-state index contributed by atoms with van der Waals surface area (Å²) in [6.45, 7) is 2.72. The van der Waals surface area contributed by atoms with E-state index >= 15 is 0 Å². The molecule has 0 aliphatic rings. The molecule has 2 atom stereocenters. The van der Waals surface area contributed by atoms with Gasteiger partial charge in [-0.05, 0) is 42.9 Å². The number of hydrogen-bond donors (Lipinski definition) is 2. The third-order valence-electron chi connectivity index (χ3n) is 3.94. The molecule has 124 valence electrons. The Balaban J connectivity index is 1.89. The molecule has 2 unspecified atom stereocenters. The largest absolute Gasteiger partial charge is 0.496 e. The van der Waals surface area contributed by atoms with Crippen molar-refractivity contribution in [1.82, 2.24) is 5.32 Å². The second-order valence-corrected chi connectivity index (χ2v) is 6.46. The van der Waals surface area contributed by atoms with E-state index in [1.165, 1.54) is 0 Å². The van der Waals surface area contributed by atoms with E-state index in [0.717, 1.165) is 21.8 Å². The van der Waals surface area contributed by atoms with Gasteiger partial charge in [0.15, 0.2) is 0 Å². The highest BCUT2D eigenvalue weighted by atomic mass is 32.2. The Morgan fingerprint density at radius 2 is 1.87 bits per heavy atom. The lowest BCUT2D eigenvalue weighted by molar-refractivity contribution is 0.134. The molecule has 23 heavy (non-hydrogen) atoms. The number of rotatable bonds is 8. The highest BCUT2D eigenvalue weighted by Crippen LogP contribution is 2.28. The third kappa shape index (κ3) is 5.27. The lowest BCUT2D eigenvalue weighted by Crippen LogP contribution is -2.38. The molecule has 0 aliphatic heterocycles. The summed E-state index contributed by atoms with van der Waals surface area (Å²) in [7, 11) is 1.69. The Labute approximate surface area is 143 Å². The van der Waals surface area contributed by atoms with Crippen molar-refractivity contribution in [2.24, 2.45) is 0 Å². The number of aliphatic hydroxyl groups excluding tert-OH is 1. The van der Waals surface area contributed by atoms with E-state index < -0.39 is 6.10 Å². The van der Waals surface area contributed by atoms with Crippen LogP contribution in [0, 0.1) is 0 Å². The zero-order valence-electron chi connectivity index (χ0n) is 14.0. The molecule has 0 aliphatic carbocycles. The van der Waals surface area contributed by atoms with Crippen LogP contribution in [0.15, 0.2) is 53.4 Å². The molecule has 0 saturated heterocycles. The van der Waals surface area contributed by atoms with Crippen LogP contribution in [0.5, 0.6) is 5.75 Å². The summed E-state index contributed by atoms with van der Waals surface area (Å²) in [6.07, 6.45) is 2.28. The number of aliphatic hydroxyl groups is 1. The lowest BCUT2D eigenvalue weighted by Gasteiger charge is -2.21. The number of ether oxygens (including phenoxy) is 1. The lowest BCUT2D eigenvalue weighted by atomic mass is 10.0. The first-order valence-corrected chi connectivity index (χ1v) is 9.02. The highest BCUT2D eigenvalue weighted by molar-refractivity contribution is 7.98. The van der Waals surface area contributed by atoms with Gasteiger partial charge in [-0.1, -0.05) is 36.4 Å². The first-order valence-electron chi connectivity index (χ1n) is 7.80. The van der Waals surface area contributed by atoms with E-state index in [2.05, 4.69) is 23.5 Å². The highest BCUT2D eigenvalue weighted by Gasteiger charge is 2.14. The van der Waals surface area contributed by atoms with Gasteiger partial charge < -0.3 is 15.2 Å². The van der Waals surface area contributed by atoms with Gasteiger partial charge in [0.2, 0.25) is 0 Å². The van der Waals surface area contributed by atoms with E-state index in [0.29, 0.717) is 13.0 Å². The molecule has 2 N–H and O–H groups in total. The maximum Gasteiger partial charge on any atom is 0.132 e. The van der Waals surface area contributed by atoms with E-state index in [-0.39, 0.29) is 6.04 Å². The molecule has 2 rings (SSSR count). The maximum absolute atomic E-state index is 10.3. The van der Waals surface area contributed by atoms with Crippen LogP contribution in [0.25, 0.3) is 0 Å². The third-order valence-corrected chi connectivity index (χ3v) is 4.72. The molecule has 0 fully saturated rings. The summed E-state index contributed by atoms with van der Waals surface area (Å²) < 4.78 is 5.41. The zero-order valence-corrected chi connectivity index (χ0v) is 14.8. The normalized spacial score (nSPS) is 13.6. The van der Waals surface area contributed by atoms with Gasteiger partial charge in [0.1, 0.15) is 5.75 Å². The van der Waals surface area contributed by atoms with Gasteiger partial charge in [-0.25, -0.2) is 0 Å². The Morgan fingerprint density at radius 1 is 1.13 bits per heavy atom. The van der Waals surface area contributed by atoms with Crippen molar-refractivity contribution in [3.8, 4) is 5.75 Å². The number of thioether (sulfide) groups is 1. The summed E-state index contributed by atoms with van der Waals surface area (Å²) in [5.41, 5.74) is 2.30. The van der Waals surface area contributed by atoms with Crippen LogP contribution in [-0.2, 0) is 13.0 Å². The molecule has 0 heterocycles. The van der Waals surface area contributed by atoms with Crippen LogP contribution < -0.4 is 10.1 Å².